The Morgan fingerprint density at radius 1 is 1.18 bits per heavy atom. The molecule has 0 aliphatic heterocycles. The summed E-state index contributed by atoms with van der Waals surface area (Å²) in [5.41, 5.74) is 1.28. The molecule has 2 N–H and O–H groups in total. The van der Waals surface area contributed by atoms with Crippen molar-refractivity contribution in [3.05, 3.63) is 48.2 Å². The number of aromatic nitrogens is 1. The standard InChI is InChI=1S/C14H15N3O4S/c1-21-14(18)11-5-3-4-6-12(11)16-13-8-7-10(9-15-13)17-22(2,19)20/h3-9,17H,1-2H3,(H,15,16). The number of pyridine rings is 1. The third-order valence-corrected chi connectivity index (χ3v) is 3.27. The van der Waals surface area contributed by atoms with E-state index in [0.29, 0.717) is 22.8 Å². The van der Waals surface area contributed by atoms with Gasteiger partial charge >= 0.3 is 5.97 Å². The SMILES string of the molecule is COC(=O)c1ccccc1Nc1ccc(NS(C)(=O)=O)cn1. The molecule has 8 heteroatoms. The van der Waals surface area contributed by atoms with E-state index in [0.717, 1.165) is 6.26 Å². The second-order valence-corrected chi connectivity index (χ2v) is 6.22. The minimum absolute atomic E-state index is 0.356. The van der Waals surface area contributed by atoms with Crippen LogP contribution in [0.4, 0.5) is 17.2 Å². The number of hydrogen-bond donors (Lipinski definition) is 2. The monoisotopic (exact) mass is 321 g/mol. The molecule has 1 aromatic heterocycles. The number of hydrogen-bond acceptors (Lipinski definition) is 6. The fourth-order valence-electron chi connectivity index (χ4n) is 1.76. The molecule has 0 aliphatic rings. The molecule has 0 atom stereocenters. The summed E-state index contributed by atoms with van der Waals surface area (Å²) in [7, 11) is -2.03. The van der Waals surface area contributed by atoms with Crippen molar-refractivity contribution in [3.63, 3.8) is 0 Å². The van der Waals surface area contributed by atoms with Gasteiger partial charge in [0.15, 0.2) is 0 Å². The third-order valence-electron chi connectivity index (χ3n) is 2.66. The zero-order valence-electron chi connectivity index (χ0n) is 12.0. The first-order valence-corrected chi connectivity index (χ1v) is 8.16. The number of carbonyl (C=O) groups excluding carboxylic acids is 1. The van der Waals surface area contributed by atoms with Crippen LogP contribution in [-0.4, -0.2) is 32.7 Å². The van der Waals surface area contributed by atoms with Crippen LogP contribution in [0.3, 0.4) is 0 Å². The molecular weight excluding hydrogens is 306 g/mol. The predicted molar refractivity (Wildman–Crippen MR) is 83.8 cm³/mol. The van der Waals surface area contributed by atoms with E-state index in [4.69, 9.17) is 4.74 Å². The van der Waals surface area contributed by atoms with Crippen LogP contribution in [0.15, 0.2) is 42.6 Å². The molecule has 2 rings (SSSR count). The molecule has 0 saturated carbocycles. The minimum Gasteiger partial charge on any atom is -0.465 e. The fourth-order valence-corrected chi connectivity index (χ4v) is 2.31. The Hall–Kier alpha value is -2.61. The minimum atomic E-state index is -3.34. The Labute approximate surface area is 128 Å². The van der Waals surface area contributed by atoms with Crippen molar-refractivity contribution in [2.24, 2.45) is 0 Å². The number of anilines is 3. The summed E-state index contributed by atoms with van der Waals surface area (Å²) in [6.45, 7) is 0. The molecule has 22 heavy (non-hydrogen) atoms. The smallest absolute Gasteiger partial charge is 0.339 e. The van der Waals surface area contributed by atoms with Crippen molar-refractivity contribution < 1.29 is 17.9 Å². The summed E-state index contributed by atoms with van der Waals surface area (Å²) in [5, 5.41) is 2.99. The van der Waals surface area contributed by atoms with Crippen molar-refractivity contribution in [2.45, 2.75) is 0 Å². The van der Waals surface area contributed by atoms with Crippen molar-refractivity contribution in [3.8, 4) is 0 Å². The Kier molecular flexibility index (Phi) is 4.62. The second-order valence-electron chi connectivity index (χ2n) is 4.47. The normalized spacial score (nSPS) is 10.8. The molecule has 0 unspecified atom stereocenters. The van der Waals surface area contributed by atoms with Gasteiger partial charge in [0.25, 0.3) is 0 Å². The molecule has 1 aromatic carbocycles. The lowest BCUT2D eigenvalue weighted by Gasteiger charge is -2.10. The van der Waals surface area contributed by atoms with Gasteiger partial charge in [-0.25, -0.2) is 18.2 Å². The fraction of sp³-hybridized carbons (Fsp3) is 0.143. The topological polar surface area (TPSA) is 97.4 Å². The number of rotatable bonds is 5. The number of nitrogens with one attached hydrogen (secondary N) is 2. The van der Waals surface area contributed by atoms with Crippen LogP contribution >= 0.6 is 0 Å². The van der Waals surface area contributed by atoms with Crippen LogP contribution in [0.25, 0.3) is 0 Å². The van der Waals surface area contributed by atoms with Gasteiger partial charge in [-0.15, -0.1) is 0 Å². The number of methoxy groups -OCH3 is 1. The number of sulfonamides is 1. The lowest BCUT2D eigenvalue weighted by atomic mass is 10.2. The van der Waals surface area contributed by atoms with Gasteiger partial charge in [-0.05, 0) is 24.3 Å². The molecule has 0 radical (unpaired) electrons. The maximum absolute atomic E-state index is 11.7. The molecule has 0 saturated heterocycles. The van der Waals surface area contributed by atoms with Gasteiger partial charge in [0.1, 0.15) is 5.82 Å². The van der Waals surface area contributed by atoms with E-state index in [9.17, 15) is 13.2 Å². The van der Waals surface area contributed by atoms with Crippen molar-refractivity contribution in [1.29, 1.82) is 0 Å². The summed E-state index contributed by atoms with van der Waals surface area (Å²) in [6.07, 6.45) is 2.44. The average molecular weight is 321 g/mol. The molecule has 0 bridgehead atoms. The number of esters is 1. The number of benzene rings is 1. The highest BCUT2D eigenvalue weighted by Crippen LogP contribution is 2.21. The highest BCUT2D eigenvalue weighted by molar-refractivity contribution is 7.92. The Balaban J connectivity index is 2.20. The first kappa shape index (κ1) is 15.8. The summed E-state index contributed by atoms with van der Waals surface area (Å²) < 4.78 is 29.3. The average Bonchev–Trinajstić information content (AvgIpc) is 2.47. The Morgan fingerprint density at radius 3 is 2.50 bits per heavy atom. The Bertz CT molecular complexity index is 773. The van der Waals surface area contributed by atoms with Crippen molar-refractivity contribution in [2.75, 3.05) is 23.4 Å². The van der Waals surface area contributed by atoms with Gasteiger partial charge in [0.2, 0.25) is 10.0 Å². The Morgan fingerprint density at radius 2 is 1.91 bits per heavy atom. The molecule has 7 nitrogen and oxygen atoms in total. The van der Waals surface area contributed by atoms with Crippen molar-refractivity contribution in [1.82, 2.24) is 4.98 Å². The van der Waals surface area contributed by atoms with Crippen LogP contribution in [0, 0.1) is 0 Å². The van der Waals surface area contributed by atoms with Gasteiger partial charge in [0.05, 0.1) is 36.5 Å². The molecule has 1 heterocycles. The number of para-hydroxylation sites is 1. The molecule has 0 amide bonds. The number of nitrogens with zero attached hydrogens (tertiary/aromatic N) is 1. The second kappa shape index (κ2) is 6.44. The van der Waals surface area contributed by atoms with Crippen molar-refractivity contribution >= 4 is 33.2 Å². The summed E-state index contributed by atoms with van der Waals surface area (Å²) >= 11 is 0. The number of ether oxygens (including phenoxy) is 1. The first-order chi connectivity index (χ1) is 10.4. The van der Waals surface area contributed by atoms with Gasteiger partial charge < -0.3 is 10.1 Å². The summed E-state index contributed by atoms with van der Waals surface area (Å²) in [6, 6.07) is 10.0. The van der Waals surface area contributed by atoms with E-state index in [2.05, 4.69) is 15.0 Å². The lowest BCUT2D eigenvalue weighted by molar-refractivity contribution is 0.0602. The van der Waals surface area contributed by atoms with E-state index in [1.165, 1.54) is 13.3 Å². The van der Waals surface area contributed by atoms with E-state index in [1.807, 2.05) is 0 Å². The lowest BCUT2D eigenvalue weighted by Crippen LogP contribution is -2.10. The maximum Gasteiger partial charge on any atom is 0.339 e. The van der Waals surface area contributed by atoms with Crippen LogP contribution in [0.2, 0.25) is 0 Å². The molecule has 0 spiro atoms. The molecular formula is C14H15N3O4S. The van der Waals surface area contributed by atoms with E-state index in [1.54, 1.807) is 36.4 Å². The third kappa shape index (κ3) is 4.19. The maximum atomic E-state index is 11.7. The quantitative estimate of drug-likeness (QED) is 0.817. The zero-order chi connectivity index (χ0) is 16.2. The van der Waals surface area contributed by atoms with Gasteiger partial charge in [-0.2, -0.15) is 0 Å². The highest BCUT2D eigenvalue weighted by atomic mass is 32.2. The summed E-state index contributed by atoms with van der Waals surface area (Å²) in [5.74, 6) is 0.00821. The number of carbonyl (C=O) groups is 1. The largest absolute Gasteiger partial charge is 0.465 e. The molecule has 0 aliphatic carbocycles. The van der Waals surface area contributed by atoms with Crippen LogP contribution in [0.1, 0.15) is 10.4 Å². The van der Waals surface area contributed by atoms with E-state index < -0.39 is 16.0 Å². The highest BCUT2D eigenvalue weighted by Gasteiger charge is 2.11. The van der Waals surface area contributed by atoms with Gasteiger partial charge in [0, 0.05) is 0 Å². The first-order valence-electron chi connectivity index (χ1n) is 6.27. The van der Waals surface area contributed by atoms with Crippen LogP contribution < -0.4 is 10.0 Å². The summed E-state index contributed by atoms with van der Waals surface area (Å²) in [4.78, 5) is 15.8. The van der Waals surface area contributed by atoms with Gasteiger partial charge in [-0.3, -0.25) is 4.72 Å². The van der Waals surface area contributed by atoms with E-state index in [-0.39, 0.29) is 0 Å². The van der Waals surface area contributed by atoms with Crippen LogP contribution in [0.5, 0.6) is 0 Å². The molecule has 2 aromatic rings. The van der Waals surface area contributed by atoms with Crippen LogP contribution in [-0.2, 0) is 14.8 Å². The van der Waals surface area contributed by atoms with Gasteiger partial charge in [-0.1, -0.05) is 12.1 Å². The molecule has 116 valence electrons. The molecule has 0 fully saturated rings. The zero-order valence-corrected chi connectivity index (χ0v) is 12.8. The predicted octanol–water partition coefficient (Wildman–Crippen LogP) is 1.98. The van der Waals surface area contributed by atoms with E-state index >= 15 is 0 Å².